The van der Waals surface area contributed by atoms with E-state index in [0.717, 1.165) is 6.07 Å². The zero-order valence-electron chi connectivity index (χ0n) is 7.68. The molecule has 3 nitrogen and oxygen atoms in total. The Morgan fingerprint density at radius 1 is 1.38 bits per heavy atom. The van der Waals surface area contributed by atoms with E-state index in [1.165, 1.54) is 0 Å². The van der Waals surface area contributed by atoms with Crippen LogP contribution in [0.25, 0.3) is 0 Å². The molecular weight excluding hydrogens is 293 g/mol. The van der Waals surface area contributed by atoms with Crippen molar-refractivity contribution in [1.29, 1.82) is 0 Å². The van der Waals surface area contributed by atoms with Gasteiger partial charge in [-0.2, -0.15) is 13.2 Å². The Labute approximate surface area is 96.6 Å². The fourth-order valence-electron chi connectivity index (χ4n) is 1.16. The Kier molecular flexibility index (Phi) is 3.59. The van der Waals surface area contributed by atoms with Crippen LogP contribution in [0.3, 0.4) is 0 Å². The minimum atomic E-state index is -4.64. The molecular formula is C9H6BrF3O3. The second kappa shape index (κ2) is 4.42. The van der Waals surface area contributed by atoms with E-state index in [-0.39, 0.29) is 10.0 Å². The molecule has 1 aromatic carbocycles. The maximum absolute atomic E-state index is 12.4. The van der Waals surface area contributed by atoms with Gasteiger partial charge in [0.1, 0.15) is 0 Å². The largest absolute Gasteiger partial charge is 0.478 e. The third-order valence-electron chi connectivity index (χ3n) is 1.90. The number of alkyl halides is 3. The Morgan fingerprint density at radius 3 is 2.31 bits per heavy atom. The monoisotopic (exact) mass is 298 g/mol. The first kappa shape index (κ1) is 13.0. The second-order valence-corrected chi connectivity index (χ2v) is 3.80. The zero-order chi connectivity index (χ0) is 12.5. The number of hydrogen-bond donors (Lipinski definition) is 2. The van der Waals surface area contributed by atoms with Crippen LogP contribution in [-0.2, 0) is 12.8 Å². The van der Waals surface area contributed by atoms with Gasteiger partial charge in [0, 0.05) is 4.47 Å². The van der Waals surface area contributed by atoms with Gasteiger partial charge in [0.05, 0.1) is 17.7 Å². The van der Waals surface area contributed by atoms with E-state index in [2.05, 4.69) is 15.9 Å². The lowest BCUT2D eigenvalue weighted by Gasteiger charge is -2.12. The molecule has 0 unspecified atom stereocenters. The summed E-state index contributed by atoms with van der Waals surface area (Å²) in [5, 5.41) is 17.5. The van der Waals surface area contributed by atoms with Gasteiger partial charge in [0.2, 0.25) is 0 Å². The molecule has 0 saturated carbocycles. The Morgan fingerprint density at radius 2 is 1.94 bits per heavy atom. The van der Waals surface area contributed by atoms with E-state index in [0.29, 0.717) is 6.07 Å². The summed E-state index contributed by atoms with van der Waals surface area (Å²) in [5.74, 6) is -1.51. The fourth-order valence-corrected chi connectivity index (χ4v) is 1.78. The molecule has 0 aliphatic carbocycles. The van der Waals surface area contributed by atoms with Crippen molar-refractivity contribution in [2.24, 2.45) is 0 Å². The standard InChI is InChI=1S/C9H6BrF3O3/c10-7-1-4(3-14)5(8(15)16)2-6(7)9(11,12)13/h1-2,14H,3H2,(H,15,16). The van der Waals surface area contributed by atoms with Crippen molar-refractivity contribution < 1.29 is 28.2 Å². The van der Waals surface area contributed by atoms with Crippen molar-refractivity contribution in [3.63, 3.8) is 0 Å². The van der Waals surface area contributed by atoms with Crippen molar-refractivity contribution in [1.82, 2.24) is 0 Å². The summed E-state index contributed by atoms with van der Waals surface area (Å²) < 4.78 is 37.0. The Hall–Kier alpha value is -1.08. The van der Waals surface area contributed by atoms with Crippen LogP contribution in [0.15, 0.2) is 16.6 Å². The maximum atomic E-state index is 12.4. The highest BCUT2D eigenvalue weighted by atomic mass is 79.9. The molecule has 1 aromatic rings. The van der Waals surface area contributed by atoms with Gasteiger partial charge in [-0.1, -0.05) is 15.9 Å². The number of carboxylic acids is 1. The van der Waals surface area contributed by atoms with Crippen molar-refractivity contribution in [2.75, 3.05) is 0 Å². The van der Waals surface area contributed by atoms with Gasteiger partial charge in [0.15, 0.2) is 0 Å². The summed E-state index contributed by atoms with van der Waals surface area (Å²) in [6, 6.07) is 1.45. The van der Waals surface area contributed by atoms with Gasteiger partial charge in [-0.25, -0.2) is 4.79 Å². The van der Waals surface area contributed by atoms with Crippen LogP contribution in [0.2, 0.25) is 0 Å². The fraction of sp³-hybridized carbons (Fsp3) is 0.222. The lowest BCUT2D eigenvalue weighted by molar-refractivity contribution is -0.138. The number of aliphatic hydroxyl groups is 1. The molecule has 0 spiro atoms. The van der Waals surface area contributed by atoms with Crippen LogP contribution in [0, 0.1) is 0 Å². The Bertz CT molecular complexity index is 429. The van der Waals surface area contributed by atoms with E-state index in [1.54, 1.807) is 0 Å². The highest BCUT2D eigenvalue weighted by molar-refractivity contribution is 9.10. The van der Waals surface area contributed by atoms with Crippen LogP contribution in [-0.4, -0.2) is 16.2 Å². The third-order valence-corrected chi connectivity index (χ3v) is 2.56. The number of carboxylic acid groups (broad SMARTS) is 1. The van der Waals surface area contributed by atoms with Crippen molar-refractivity contribution in [2.45, 2.75) is 12.8 Å². The number of benzene rings is 1. The molecule has 2 N–H and O–H groups in total. The van der Waals surface area contributed by atoms with Crippen LogP contribution < -0.4 is 0 Å². The molecule has 0 aromatic heterocycles. The van der Waals surface area contributed by atoms with Gasteiger partial charge in [-0.3, -0.25) is 0 Å². The molecule has 0 atom stereocenters. The first-order valence-corrected chi connectivity index (χ1v) is 4.80. The molecule has 88 valence electrons. The Balaban J connectivity index is 3.45. The van der Waals surface area contributed by atoms with E-state index in [9.17, 15) is 18.0 Å². The van der Waals surface area contributed by atoms with Gasteiger partial charge >= 0.3 is 12.1 Å². The molecule has 1 rings (SSSR count). The topological polar surface area (TPSA) is 57.5 Å². The molecule has 0 aliphatic rings. The number of rotatable bonds is 2. The van der Waals surface area contributed by atoms with Crippen LogP contribution in [0.5, 0.6) is 0 Å². The summed E-state index contributed by atoms with van der Waals surface area (Å²) >= 11 is 2.68. The predicted molar refractivity (Wildman–Crippen MR) is 52.0 cm³/mol. The normalized spacial score (nSPS) is 11.6. The summed E-state index contributed by atoms with van der Waals surface area (Å²) in [6.45, 7) is -0.641. The highest BCUT2D eigenvalue weighted by Gasteiger charge is 2.34. The van der Waals surface area contributed by atoms with Crippen molar-refractivity contribution in [3.8, 4) is 0 Å². The van der Waals surface area contributed by atoms with Crippen LogP contribution >= 0.6 is 15.9 Å². The molecule has 0 aliphatic heterocycles. The molecule has 0 heterocycles. The second-order valence-electron chi connectivity index (χ2n) is 2.95. The number of aliphatic hydroxyl groups excluding tert-OH is 1. The first-order chi connectivity index (χ1) is 7.27. The van der Waals surface area contributed by atoms with Gasteiger partial charge in [-0.15, -0.1) is 0 Å². The highest BCUT2D eigenvalue weighted by Crippen LogP contribution is 2.36. The summed E-state index contributed by atoms with van der Waals surface area (Å²) in [6.07, 6.45) is -4.64. The smallest absolute Gasteiger partial charge is 0.417 e. The zero-order valence-corrected chi connectivity index (χ0v) is 9.26. The summed E-state index contributed by atoms with van der Waals surface area (Å²) in [7, 11) is 0. The maximum Gasteiger partial charge on any atom is 0.417 e. The predicted octanol–water partition coefficient (Wildman–Crippen LogP) is 2.66. The van der Waals surface area contributed by atoms with Crippen LogP contribution in [0.4, 0.5) is 13.2 Å². The number of aromatic carboxylic acids is 1. The summed E-state index contributed by atoms with van der Waals surface area (Å²) in [4.78, 5) is 10.7. The number of hydrogen-bond acceptors (Lipinski definition) is 2. The molecule has 7 heteroatoms. The van der Waals surface area contributed by atoms with Crippen molar-refractivity contribution >= 4 is 21.9 Å². The number of halogens is 4. The first-order valence-electron chi connectivity index (χ1n) is 4.01. The van der Waals surface area contributed by atoms with Gasteiger partial charge < -0.3 is 10.2 Å². The minimum Gasteiger partial charge on any atom is -0.478 e. The SMILES string of the molecule is O=C(O)c1cc(C(F)(F)F)c(Br)cc1CO. The quantitative estimate of drug-likeness (QED) is 0.882. The molecule has 0 radical (unpaired) electrons. The van der Waals surface area contributed by atoms with E-state index < -0.39 is 29.9 Å². The van der Waals surface area contributed by atoms with Crippen molar-refractivity contribution in [3.05, 3.63) is 33.3 Å². The number of carbonyl (C=O) groups is 1. The lowest BCUT2D eigenvalue weighted by atomic mass is 10.0. The average Bonchev–Trinajstić information content (AvgIpc) is 2.14. The summed E-state index contributed by atoms with van der Waals surface area (Å²) in [5.41, 5.74) is -1.72. The van der Waals surface area contributed by atoms with E-state index >= 15 is 0 Å². The minimum absolute atomic E-state index is 0.0765. The molecule has 0 saturated heterocycles. The molecule has 0 fully saturated rings. The molecule has 0 bridgehead atoms. The van der Waals surface area contributed by atoms with Gasteiger partial charge in [0.25, 0.3) is 0 Å². The average molecular weight is 299 g/mol. The third kappa shape index (κ3) is 2.53. The molecule has 0 amide bonds. The lowest BCUT2D eigenvalue weighted by Crippen LogP contribution is -2.11. The van der Waals surface area contributed by atoms with E-state index in [4.69, 9.17) is 10.2 Å². The van der Waals surface area contributed by atoms with Crippen LogP contribution in [0.1, 0.15) is 21.5 Å². The molecule has 16 heavy (non-hydrogen) atoms. The van der Waals surface area contributed by atoms with Gasteiger partial charge in [-0.05, 0) is 17.7 Å². The van der Waals surface area contributed by atoms with E-state index in [1.807, 2.05) is 0 Å².